The second kappa shape index (κ2) is 6.20. The molecule has 1 aromatic heterocycles. The van der Waals surface area contributed by atoms with Crippen LogP contribution in [0.2, 0.25) is 0 Å². The molecule has 0 spiro atoms. The number of nitrogens with zero attached hydrogens (tertiary/aromatic N) is 2. The maximum absolute atomic E-state index is 11.8. The lowest BCUT2D eigenvalue weighted by molar-refractivity contribution is -0.129. The van der Waals surface area contributed by atoms with E-state index in [0.29, 0.717) is 13.0 Å². The number of hydrogen-bond donors (Lipinski definition) is 0. The highest BCUT2D eigenvalue weighted by molar-refractivity contribution is 7.07. The zero-order chi connectivity index (χ0) is 11.1. The molecule has 0 aliphatic rings. The van der Waals surface area contributed by atoms with Crippen molar-refractivity contribution in [2.75, 3.05) is 13.1 Å². The van der Waals surface area contributed by atoms with Gasteiger partial charge in [-0.15, -0.1) is 0 Å². The van der Waals surface area contributed by atoms with E-state index >= 15 is 0 Å². The van der Waals surface area contributed by atoms with Crippen LogP contribution in [0, 0.1) is 11.3 Å². The standard InChI is InChI=1S/C11H14N2OS/c1-2-5-13(6-4-12)11(14)8-10-3-7-15-9-10/h3,7,9H,2,5-6,8H2,1H3. The Labute approximate surface area is 93.9 Å². The molecular weight excluding hydrogens is 208 g/mol. The fourth-order valence-corrected chi connectivity index (χ4v) is 2.00. The first-order valence-electron chi connectivity index (χ1n) is 4.93. The van der Waals surface area contributed by atoms with E-state index in [1.807, 2.05) is 29.8 Å². The number of amides is 1. The van der Waals surface area contributed by atoms with Crippen LogP contribution in [0.25, 0.3) is 0 Å². The van der Waals surface area contributed by atoms with Crippen LogP contribution in [-0.4, -0.2) is 23.9 Å². The van der Waals surface area contributed by atoms with E-state index in [1.54, 1.807) is 16.2 Å². The predicted octanol–water partition coefficient (Wildman–Crippen LogP) is 2.05. The van der Waals surface area contributed by atoms with E-state index in [-0.39, 0.29) is 12.5 Å². The molecule has 3 nitrogen and oxygen atoms in total. The van der Waals surface area contributed by atoms with Gasteiger partial charge in [0.05, 0.1) is 12.5 Å². The predicted molar refractivity (Wildman–Crippen MR) is 60.5 cm³/mol. The van der Waals surface area contributed by atoms with E-state index in [4.69, 9.17) is 5.26 Å². The lowest BCUT2D eigenvalue weighted by atomic mass is 10.2. The summed E-state index contributed by atoms with van der Waals surface area (Å²) < 4.78 is 0. The number of hydrogen-bond acceptors (Lipinski definition) is 3. The molecule has 0 aromatic carbocycles. The first-order valence-corrected chi connectivity index (χ1v) is 5.88. The highest BCUT2D eigenvalue weighted by Crippen LogP contribution is 2.08. The molecule has 1 rings (SSSR count). The van der Waals surface area contributed by atoms with E-state index in [2.05, 4.69) is 0 Å². The molecule has 1 aromatic rings. The van der Waals surface area contributed by atoms with Crippen molar-refractivity contribution < 1.29 is 4.79 Å². The van der Waals surface area contributed by atoms with E-state index in [9.17, 15) is 4.79 Å². The summed E-state index contributed by atoms with van der Waals surface area (Å²) in [5.74, 6) is 0.0387. The van der Waals surface area contributed by atoms with Gasteiger partial charge in [0.1, 0.15) is 6.54 Å². The maximum atomic E-state index is 11.8. The molecule has 0 aliphatic heterocycles. The molecule has 0 aliphatic carbocycles. The monoisotopic (exact) mass is 222 g/mol. The van der Waals surface area contributed by atoms with Crippen molar-refractivity contribution in [1.29, 1.82) is 5.26 Å². The largest absolute Gasteiger partial charge is 0.329 e. The van der Waals surface area contributed by atoms with Gasteiger partial charge >= 0.3 is 0 Å². The minimum Gasteiger partial charge on any atom is -0.329 e. The molecule has 0 unspecified atom stereocenters. The van der Waals surface area contributed by atoms with Crippen LogP contribution >= 0.6 is 11.3 Å². The van der Waals surface area contributed by atoms with Crippen LogP contribution in [0.5, 0.6) is 0 Å². The Hall–Kier alpha value is -1.34. The Bertz CT molecular complexity index is 340. The zero-order valence-electron chi connectivity index (χ0n) is 8.77. The lowest BCUT2D eigenvalue weighted by Crippen LogP contribution is -2.33. The summed E-state index contributed by atoms with van der Waals surface area (Å²) in [6.45, 7) is 2.86. The molecule has 0 fully saturated rings. The van der Waals surface area contributed by atoms with Gasteiger partial charge in [-0.3, -0.25) is 4.79 Å². The van der Waals surface area contributed by atoms with Crippen molar-refractivity contribution in [2.45, 2.75) is 19.8 Å². The summed E-state index contributed by atoms with van der Waals surface area (Å²) in [7, 11) is 0. The summed E-state index contributed by atoms with van der Waals surface area (Å²) in [4.78, 5) is 13.4. The Morgan fingerprint density at radius 1 is 1.67 bits per heavy atom. The third-order valence-electron chi connectivity index (χ3n) is 2.04. The number of carbonyl (C=O) groups excluding carboxylic acids is 1. The third-order valence-corrected chi connectivity index (χ3v) is 2.78. The summed E-state index contributed by atoms with van der Waals surface area (Å²) in [6.07, 6.45) is 1.29. The molecule has 1 heterocycles. The summed E-state index contributed by atoms with van der Waals surface area (Å²) >= 11 is 1.58. The maximum Gasteiger partial charge on any atom is 0.227 e. The summed E-state index contributed by atoms with van der Waals surface area (Å²) in [5, 5.41) is 12.5. The van der Waals surface area contributed by atoms with Crippen LogP contribution < -0.4 is 0 Å². The molecule has 15 heavy (non-hydrogen) atoms. The topological polar surface area (TPSA) is 44.1 Å². The fraction of sp³-hybridized carbons (Fsp3) is 0.455. The average molecular weight is 222 g/mol. The Morgan fingerprint density at radius 3 is 3.00 bits per heavy atom. The number of thiophene rings is 1. The highest BCUT2D eigenvalue weighted by atomic mass is 32.1. The first kappa shape index (κ1) is 11.7. The van der Waals surface area contributed by atoms with Crippen molar-refractivity contribution in [3.05, 3.63) is 22.4 Å². The van der Waals surface area contributed by atoms with Gasteiger partial charge in [-0.05, 0) is 28.8 Å². The van der Waals surface area contributed by atoms with Gasteiger partial charge in [0, 0.05) is 6.54 Å². The smallest absolute Gasteiger partial charge is 0.227 e. The molecule has 1 amide bonds. The normalized spacial score (nSPS) is 9.60. The fourth-order valence-electron chi connectivity index (χ4n) is 1.33. The molecule has 0 saturated heterocycles. The van der Waals surface area contributed by atoms with Crippen molar-refractivity contribution in [1.82, 2.24) is 4.90 Å². The SMILES string of the molecule is CCCN(CC#N)C(=O)Cc1ccsc1. The molecule has 0 atom stereocenters. The number of rotatable bonds is 5. The molecule has 0 saturated carbocycles. The van der Waals surface area contributed by atoms with Gasteiger partial charge in [-0.25, -0.2) is 0 Å². The lowest BCUT2D eigenvalue weighted by Gasteiger charge is -2.18. The van der Waals surface area contributed by atoms with Gasteiger partial charge in [0.15, 0.2) is 0 Å². The van der Waals surface area contributed by atoms with Crippen LogP contribution in [0.4, 0.5) is 0 Å². The summed E-state index contributed by atoms with van der Waals surface area (Å²) in [5.41, 5.74) is 1.03. The van der Waals surface area contributed by atoms with Gasteiger partial charge in [0.2, 0.25) is 5.91 Å². The second-order valence-corrected chi connectivity index (χ2v) is 4.06. The quantitative estimate of drug-likeness (QED) is 0.716. The van der Waals surface area contributed by atoms with E-state index in [0.717, 1.165) is 12.0 Å². The van der Waals surface area contributed by atoms with Crippen molar-refractivity contribution >= 4 is 17.2 Å². The average Bonchev–Trinajstić information content (AvgIpc) is 2.70. The van der Waals surface area contributed by atoms with Gasteiger partial charge < -0.3 is 4.90 Å². The Morgan fingerprint density at radius 2 is 2.47 bits per heavy atom. The molecule has 0 N–H and O–H groups in total. The van der Waals surface area contributed by atoms with E-state index in [1.165, 1.54) is 0 Å². The molecule has 0 radical (unpaired) electrons. The Kier molecular flexibility index (Phi) is 4.85. The summed E-state index contributed by atoms with van der Waals surface area (Å²) in [6, 6.07) is 3.96. The van der Waals surface area contributed by atoms with Crippen LogP contribution in [0.3, 0.4) is 0 Å². The molecule has 4 heteroatoms. The Balaban J connectivity index is 2.53. The first-order chi connectivity index (χ1) is 7.27. The van der Waals surface area contributed by atoms with Crippen LogP contribution in [0.1, 0.15) is 18.9 Å². The number of nitriles is 1. The van der Waals surface area contributed by atoms with E-state index < -0.39 is 0 Å². The van der Waals surface area contributed by atoms with Gasteiger partial charge in [-0.2, -0.15) is 16.6 Å². The van der Waals surface area contributed by atoms with Gasteiger partial charge in [-0.1, -0.05) is 6.92 Å². The van der Waals surface area contributed by atoms with Gasteiger partial charge in [0.25, 0.3) is 0 Å². The highest BCUT2D eigenvalue weighted by Gasteiger charge is 2.12. The van der Waals surface area contributed by atoms with Crippen molar-refractivity contribution in [2.24, 2.45) is 0 Å². The third kappa shape index (κ3) is 3.72. The van der Waals surface area contributed by atoms with Crippen molar-refractivity contribution in [3.8, 4) is 6.07 Å². The molecular formula is C11H14N2OS. The second-order valence-electron chi connectivity index (χ2n) is 3.28. The minimum atomic E-state index is 0.0387. The number of carbonyl (C=O) groups is 1. The van der Waals surface area contributed by atoms with Crippen LogP contribution in [0.15, 0.2) is 16.8 Å². The van der Waals surface area contributed by atoms with Crippen LogP contribution in [-0.2, 0) is 11.2 Å². The minimum absolute atomic E-state index is 0.0387. The van der Waals surface area contributed by atoms with Crippen molar-refractivity contribution in [3.63, 3.8) is 0 Å². The zero-order valence-corrected chi connectivity index (χ0v) is 9.59. The molecule has 0 bridgehead atoms. The molecule has 80 valence electrons.